The summed E-state index contributed by atoms with van der Waals surface area (Å²) in [6.07, 6.45) is 3.43. The van der Waals surface area contributed by atoms with Crippen molar-refractivity contribution in [3.63, 3.8) is 0 Å². The Hall–Kier alpha value is -3.65. The highest BCUT2D eigenvalue weighted by atomic mass is 32.2. The van der Waals surface area contributed by atoms with Crippen LogP contribution >= 0.6 is 11.8 Å². The Kier molecular flexibility index (Phi) is 6.51. The van der Waals surface area contributed by atoms with Crippen molar-refractivity contribution in [2.75, 3.05) is 18.2 Å². The molecular weight excluding hydrogens is 422 g/mol. The van der Waals surface area contributed by atoms with Crippen LogP contribution in [0, 0.1) is 13.8 Å². The Balaban J connectivity index is 1.61. The van der Waals surface area contributed by atoms with E-state index in [9.17, 15) is 4.79 Å². The van der Waals surface area contributed by atoms with Crippen LogP contribution in [-0.4, -0.2) is 38.5 Å². The number of benzene rings is 2. The quantitative estimate of drug-likeness (QED) is 0.416. The van der Waals surface area contributed by atoms with Gasteiger partial charge in [0.05, 0.1) is 12.9 Å². The van der Waals surface area contributed by atoms with Crippen molar-refractivity contribution in [1.29, 1.82) is 0 Å². The Morgan fingerprint density at radius 1 is 1.00 bits per heavy atom. The van der Waals surface area contributed by atoms with Crippen LogP contribution in [0.1, 0.15) is 11.1 Å². The standard InChI is InChI=1S/C24H23N5O2S/c1-16-5-4-6-17(2)22(16)26-21(30)15-32-24-28-27-23(18-11-13-25-14-12-18)29(24)19-7-9-20(31-3)10-8-19/h4-14H,15H2,1-3H3,(H,26,30). The maximum absolute atomic E-state index is 12.7. The molecule has 0 aliphatic carbocycles. The minimum atomic E-state index is -0.0952. The number of methoxy groups -OCH3 is 1. The lowest BCUT2D eigenvalue weighted by atomic mass is 10.1. The second kappa shape index (κ2) is 9.65. The first-order valence-electron chi connectivity index (χ1n) is 10.1. The maximum atomic E-state index is 12.7. The third-order valence-electron chi connectivity index (χ3n) is 4.98. The fourth-order valence-corrected chi connectivity index (χ4v) is 4.08. The van der Waals surface area contributed by atoms with Gasteiger partial charge in [-0.2, -0.15) is 0 Å². The zero-order valence-electron chi connectivity index (χ0n) is 18.1. The molecule has 0 aliphatic rings. The minimum Gasteiger partial charge on any atom is -0.497 e. The highest BCUT2D eigenvalue weighted by Crippen LogP contribution is 2.29. The van der Waals surface area contributed by atoms with Gasteiger partial charge in [-0.05, 0) is 61.4 Å². The van der Waals surface area contributed by atoms with Crippen molar-refractivity contribution in [1.82, 2.24) is 19.7 Å². The summed E-state index contributed by atoms with van der Waals surface area (Å²) < 4.78 is 7.22. The Morgan fingerprint density at radius 2 is 1.69 bits per heavy atom. The van der Waals surface area contributed by atoms with Crippen LogP contribution in [0.2, 0.25) is 0 Å². The van der Waals surface area contributed by atoms with Crippen molar-refractivity contribution in [2.24, 2.45) is 0 Å². The number of hydrogen-bond donors (Lipinski definition) is 1. The third kappa shape index (κ3) is 4.65. The van der Waals surface area contributed by atoms with Crippen LogP contribution in [-0.2, 0) is 4.79 Å². The zero-order chi connectivity index (χ0) is 22.5. The lowest BCUT2D eigenvalue weighted by molar-refractivity contribution is -0.113. The second-order valence-corrected chi connectivity index (χ2v) is 8.12. The molecule has 0 unspecified atom stereocenters. The topological polar surface area (TPSA) is 81.9 Å². The third-order valence-corrected chi connectivity index (χ3v) is 5.91. The van der Waals surface area contributed by atoms with Gasteiger partial charge in [-0.3, -0.25) is 14.3 Å². The molecule has 0 fully saturated rings. The fraction of sp³-hybridized carbons (Fsp3) is 0.167. The summed E-state index contributed by atoms with van der Waals surface area (Å²) in [5, 5.41) is 12.4. The molecule has 0 bridgehead atoms. The van der Waals surface area contributed by atoms with Crippen molar-refractivity contribution in [3.8, 4) is 22.8 Å². The van der Waals surface area contributed by atoms with Crippen molar-refractivity contribution in [3.05, 3.63) is 78.1 Å². The van der Waals surface area contributed by atoms with E-state index < -0.39 is 0 Å². The van der Waals surface area contributed by atoms with Gasteiger partial charge in [0.1, 0.15) is 5.75 Å². The molecule has 2 aromatic carbocycles. The first kappa shape index (κ1) is 21.6. The number of pyridine rings is 1. The minimum absolute atomic E-state index is 0.0952. The molecule has 0 aliphatic heterocycles. The van der Waals surface area contributed by atoms with Gasteiger partial charge >= 0.3 is 0 Å². The van der Waals surface area contributed by atoms with Crippen LogP contribution < -0.4 is 10.1 Å². The van der Waals surface area contributed by atoms with Gasteiger partial charge in [0.25, 0.3) is 0 Å². The predicted molar refractivity (Wildman–Crippen MR) is 126 cm³/mol. The molecule has 0 saturated heterocycles. The molecular formula is C24H23N5O2S. The molecule has 2 heterocycles. The van der Waals surface area contributed by atoms with E-state index in [-0.39, 0.29) is 11.7 Å². The number of aromatic nitrogens is 4. The number of rotatable bonds is 7. The number of nitrogens with one attached hydrogen (secondary N) is 1. The van der Waals surface area contributed by atoms with Gasteiger partial charge in [-0.1, -0.05) is 30.0 Å². The number of anilines is 1. The number of carbonyl (C=O) groups is 1. The average molecular weight is 446 g/mol. The summed E-state index contributed by atoms with van der Waals surface area (Å²) in [7, 11) is 1.63. The number of hydrogen-bond acceptors (Lipinski definition) is 6. The molecule has 1 N–H and O–H groups in total. The molecule has 4 rings (SSSR count). The summed E-state index contributed by atoms with van der Waals surface area (Å²) in [6, 6.07) is 17.3. The number of thioether (sulfide) groups is 1. The van der Waals surface area contributed by atoms with E-state index in [4.69, 9.17) is 4.74 Å². The summed E-state index contributed by atoms with van der Waals surface area (Å²) >= 11 is 1.34. The molecule has 4 aromatic rings. The fourth-order valence-electron chi connectivity index (χ4n) is 3.33. The molecule has 0 radical (unpaired) electrons. The number of carbonyl (C=O) groups excluding carboxylic acids is 1. The summed E-state index contributed by atoms with van der Waals surface area (Å²) in [5.41, 5.74) is 4.68. The van der Waals surface area contributed by atoms with Crippen LogP contribution in [0.3, 0.4) is 0 Å². The number of aryl methyl sites for hydroxylation is 2. The molecule has 0 atom stereocenters. The first-order chi connectivity index (χ1) is 15.6. The van der Waals surface area contributed by atoms with Gasteiger partial charge in [0.2, 0.25) is 5.91 Å². The van der Waals surface area contributed by atoms with Crippen molar-refractivity contribution < 1.29 is 9.53 Å². The van der Waals surface area contributed by atoms with Gasteiger partial charge < -0.3 is 10.1 Å². The molecule has 162 valence electrons. The Morgan fingerprint density at radius 3 is 2.34 bits per heavy atom. The van der Waals surface area contributed by atoms with E-state index in [0.717, 1.165) is 33.8 Å². The average Bonchev–Trinajstić information content (AvgIpc) is 3.25. The van der Waals surface area contributed by atoms with E-state index in [1.54, 1.807) is 19.5 Å². The Bertz CT molecular complexity index is 1200. The van der Waals surface area contributed by atoms with Crippen molar-refractivity contribution in [2.45, 2.75) is 19.0 Å². The largest absolute Gasteiger partial charge is 0.497 e. The van der Waals surface area contributed by atoms with E-state index in [1.807, 2.05) is 73.0 Å². The summed E-state index contributed by atoms with van der Waals surface area (Å²) in [4.78, 5) is 16.8. The van der Waals surface area contributed by atoms with Crippen LogP contribution in [0.25, 0.3) is 17.1 Å². The van der Waals surface area contributed by atoms with Crippen LogP contribution in [0.15, 0.2) is 72.1 Å². The SMILES string of the molecule is COc1ccc(-n2c(SCC(=O)Nc3c(C)cccc3C)nnc2-c2ccncc2)cc1. The summed E-state index contributed by atoms with van der Waals surface area (Å²) in [5.74, 6) is 1.55. The predicted octanol–water partition coefficient (Wildman–Crippen LogP) is 4.69. The lowest BCUT2D eigenvalue weighted by Crippen LogP contribution is -2.16. The smallest absolute Gasteiger partial charge is 0.234 e. The number of nitrogens with zero attached hydrogens (tertiary/aromatic N) is 4. The van der Waals surface area contributed by atoms with Gasteiger partial charge in [-0.25, -0.2) is 0 Å². The Labute approximate surface area is 190 Å². The van der Waals surface area contributed by atoms with E-state index in [2.05, 4.69) is 20.5 Å². The van der Waals surface area contributed by atoms with E-state index in [1.165, 1.54) is 11.8 Å². The van der Waals surface area contributed by atoms with Crippen molar-refractivity contribution >= 4 is 23.4 Å². The zero-order valence-corrected chi connectivity index (χ0v) is 18.9. The van der Waals surface area contributed by atoms with E-state index in [0.29, 0.717) is 11.0 Å². The molecule has 32 heavy (non-hydrogen) atoms. The highest BCUT2D eigenvalue weighted by molar-refractivity contribution is 7.99. The number of para-hydroxylation sites is 1. The lowest BCUT2D eigenvalue weighted by Gasteiger charge is -2.12. The molecule has 2 aromatic heterocycles. The van der Waals surface area contributed by atoms with Crippen LogP contribution in [0.5, 0.6) is 5.75 Å². The van der Waals surface area contributed by atoms with E-state index >= 15 is 0 Å². The maximum Gasteiger partial charge on any atom is 0.234 e. The molecule has 1 amide bonds. The van der Waals surface area contributed by atoms with Gasteiger partial charge in [-0.15, -0.1) is 10.2 Å². The van der Waals surface area contributed by atoms with Crippen LogP contribution in [0.4, 0.5) is 5.69 Å². The second-order valence-electron chi connectivity index (χ2n) is 7.18. The summed E-state index contributed by atoms with van der Waals surface area (Å²) in [6.45, 7) is 3.97. The molecule has 8 heteroatoms. The number of ether oxygens (including phenoxy) is 1. The molecule has 0 saturated carbocycles. The normalized spacial score (nSPS) is 10.7. The number of amides is 1. The monoisotopic (exact) mass is 445 g/mol. The molecule has 0 spiro atoms. The van der Waals surface area contributed by atoms with Gasteiger partial charge in [0.15, 0.2) is 11.0 Å². The highest BCUT2D eigenvalue weighted by Gasteiger charge is 2.18. The van der Waals surface area contributed by atoms with Gasteiger partial charge in [0, 0.05) is 29.3 Å². The molecule has 7 nitrogen and oxygen atoms in total. The first-order valence-corrected chi connectivity index (χ1v) is 11.0.